The zero-order valence-electron chi connectivity index (χ0n) is 13.7. The van der Waals surface area contributed by atoms with Crippen LogP contribution in [-0.2, 0) is 22.6 Å². The van der Waals surface area contributed by atoms with Crippen LogP contribution in [0.15, 0.2) is 48.7 Å². The van der Waals surface area contributed by atoms with Gasteiger partial charge in [0.25, 0.3) is 0 Å². The molecule has 1 amide bonds. The fraction of sp³-hybridized carbons (Fsp3) is 0.278. The summed E-state index contributed by atoms with van der Waals surface area (Å²) in [6.07, 6.45) is 2.35. The lowest BCUT2D eigenvalue weighted by Gasteiger charge is -2.21. The van der Waals surface area contributed by atoms with E-state index in [1.54, 1.807) is 18.3 Å². The molecular formula is C18H20FN3O3. The van der Waals surface area contributed by atoms with Crippen LogP contribution in [0.1, 0.15) is 11.3 Å². The van der Waals surface area contributed by atoms with E-state index < -0.39 is 12.5 Å². The lowest BCUT2D eigenvalue weighted by Crippen LogP contribution is -2.39. The summed E-state index contributed by atoms with van der Waals surface area (Å²) >= 11 is 0. The number of carbonyl (C=O) groups is 2. The highest BCUT2D eigenvalue weighted by atomic mass is 19.1. The number of rotatable bonds is 9. The topological polar surface area (TPSA) is 82.5 Å². The van der Waals surface area contributed by atoms with Crippen LogP contribution in [0.5, 0.6) is 0 Å². The third-order valence-corrected chi connectivity index (χ3v) is 3.53. The van der Waals surface area contributed by atoms with Gasteiger partial charge in [0.15, 0.2) is 0 Å². The van der Waals surface area contributed by atoms with Gasteiger partial charge in [-0.2, -0.15) is 0 Å². The van der Waals surface area contributed by atoms with Crippen molar-refractivity contribution in [1.82, 2.24) is 15.2 Å². The van der Waals surface area contributed by atoms with Gasteiger partial charge in [0.1, 0.15) is 12.4 Å². The number of pyridine rings is 1. The van der Waals surface area contributed by atoms with Crippen LogP contribution < -0.4 is 5.32 Å². The Kier molecular flexibility index (Phi) is 7.03. The standard InChI is InChI=1S/C18H20FN3O3/c19-15-6-4-14(5-7-15)12-22(13-17(23)21-11-18(24)25)10-8-16-3-1-2-9-20-16/h1-7,9H,8,10-13H2,(H,21,23)(H,24,25). The number of carbonyl (C=O) groups excluding carboxylic acids is 1. The predicted octanol–water partition coefficient (Wildman–Crippen LogP) is 1.47. The van der Waals surface area contributed by atoms with E-state index in [2.05, 4.69) is 10.3 Å². The molecule has 0 radical (unpaired) electrons. The lowest BCUT2D eigenvalue weighted by molar-refractivity contribution is -0.138. The summed E-state index contributed by atoms with van der Waals surface area (Å²) in [7, 11) is 0. The van der Waals surface area contributed by atoms with E-state index in [1.165, 1.54) is 12.1 Å². The van der Waals surface area contributed by atoms with E-state index in [0.29, 0.717) is 19.5 Å². The van der Waals surface area contributed by atoms with Gasteiger partial charge in [-0.05, 0) is 29.8 Å². The number of carboxylic acids is 1. The molecule has 2 N–H and O–H groups in total. The van der Waals surface area contributed by atoms with Crippen LogP contribution in [0.2, 0.25) is 0 Å². The molecule has 0 aliphatic carbocycles. The van der Waals surface area contributed by atoms with Crippen molar-refractivity contribution in [3.05, 3.63) is 65.7 Å². The number of hydrogen-bond acceptors (Lipinski definition) is 4. The Morgan fingerprint density at radius 1 is 1.16 bits per heavy atom. The molecule has 132 valence electrons. The van der Waals surface area contributed by atoms with Gasteiger partial charge in [-0.15, -0.1) is 0 Å². The molecule has 0 spiro atoms. The van der Waals surface area contributed by atoms with Crippen molar-refractivity contribution in [3.63, 3.8) is 0 Å². The number of halogens is 1. The molecule has 25 heavy (non-hydrogen) atoms. The molecule has 2 rings (SSSR count). The number of aromatic nitrogens is 1. The lowest BCUT2D eigenvalue weighted by atomic mass is 10.2. The van der Waals surface area contributed by atoms with Gasteiger partial charge in [0, 0.05) is 31.4 Å². The van der Waals surface area contributed by atoms with Crippen molar-refractivity contribution >= 4 is 11.9 Å². The molecule has 7 heteroatoms. The SMILES string of the molecule is O=C(O)CNC(=O)CN(CCc1ccccn1)Cc1ccc(F)cc1. The first-order valence-electron chi connectivity index (χ1n) is 7.88. The maximum Gasteiger partial charge on any atom is 0.322 e. The second kappa shape index (κ2) is 9.48. The number of nitrogens with zero attached hydrogens (tertiary/aromatic N) is 2. The molecule has 0 unspecified atom stereocenters. The van der Waals surface area contributed by atoms with Gasteiger partial charge in [-0.1, -0.05) is 18.2 Å². The molecule has 2 aromatic rings. The molecule has 6 nitrogen and oxygen atoms in total. The molecule has 0 saturated carbocycles. The van der Waals surface area contributed by atoms with E-state index in [1.807, 2.05) is 23.1 Å². The molecule has 0 saturated heterocycles. The highest BCUT2D eigenvalue weighted by Crippen LogP contribution is 2.08. The molecule has 0 atom stereocenters. The largest absolute Gasteiger partial charge is 0.480 e. The smallest absolute Gasteiger partial charge is 0.322 e. The fourth-order valence-corrected chi connectivity index (χ4v) is 2.31. The summed E-state index contributed by atoms with van der Waals surface area (Å²) in [5.74, 6) is -1.78. The molecule has 1 aromatic carbocycles. The van der Waals surface area contributed by atoms with Crippen molar-refractivity contribution in [1.29, 1.82) is 0 Å². The number of hydrogen-bond donors (Lipinski definition) is 2. The minimum atomic E-state index is -1.09. The molecule has 1 aromatic heterocycles. The molecule has 0 fully saturated rings. The van der Waals surface area contributed by atoms with Crippen molar-refractivity contribution < 1.29 is 19.1 Å². The minimum Gasteiger partial charge on any atom is -0.480 e. The Hall–Kier alpha value is -2.80. The molecule has 0 bridgehead atoms. The van der Waals surface area contributed by atoms with E-state index in [0.717, 1.165) is 11.3 Å². The number of nitrogens with one attached hydrogen (secondary N) is 1. The minimum absolute atomic E-state index is 0.0531. The number of amides is 1. The summed E-state index contributed by atoms with van der Waals surface area (Å²) in [4.78, 5) is 28.6. The van der Waals surface area contributed by atoms with Crippen LogP contribution in [0, 0.1) is 5.82 Å². The Labute approximate surface area is 145 Å². The van der Waals surface area contributed by atoms with Crippen LogP contribution in [0.3, 0.4) is 0 Å². The van der Waals surface area contributed by atoms with Gasteiger partial charge >= 0.3 is 5.97 Å². The van der Waals surface area contributed by atoms with Crippen molar-refractivity contribution in [2.75, 3.05) is 19.6 Å². The van der Waals surface area contributed by atoms with Crippen LogP contribution in [0.4, 0.5) is 4.39 Å². The summed E-state index contributed by atoms with van der Waals surface area (Å²) in [5.41, 5.74) is 1.77. The molecule has 0 aliphatic rings. The van der Waals surface area contributed by atoms with Gasteiger partial charge in [-0.25, -0.2) is 4.39 Å². The number of benzene rings is 1. The van der Waals surface area contributed by atoms with Gasteiger partial charge in [0.05, 0.1) is 6.54 Å². The predicted molar refractivity (Wildman–Crippen MR) is 90.3 cm³/mol. The van der Waals surface area contributed by atoms with E-state index in [9.17, 15) is 14.0 Å². The highest BCUT2D eigenvalue weighted by molar-refractivity contribution is 5.82. The fourth-order valence-electron chi connectivity index (χ4n) is 2.31. The van der Waals surface area contributed by atoms with E-state index in [4.69, 9.17) is 5.11 Å². The molecule has 0 aliphatic heterocycles. The maximum atomic E-state index is 13.0. The Bertz CT molecular complexity index is 692. The maximum absolute atomic E-state index is 13.0. The second-order valence-electron chi connectivity index (χ2n) is 5.58. The second-order valence-corrected chi connectivity index (χ2v) is 5.58. The Morgan fingerprint density at radius 2 is 1.92 bits per heavy atom. The van der Waals surface area contributed by atoms with Crippen molar-refractivity contribution in [2.24, 2.45) is 0 Å². The van der Waals surface area contributed by atoms with Gasteiger partial charge in [0.2, 0.25) is 5.91 Å². The normalized spacial score (nSPS) is 10.6. The summed E-state index contributed by atoms with van der Waals surface area (Å²) in [6, 6.07) is 11.7. The van der Waals surface area contributed by atoms with Crippen LogP contribution >= 0.6 is 0 Å². The van der Waals surface area contributed by atoms with Crippen molar-refractivity contribution in [2.45, 2.75) is 13.0 Å². The first-order valence-corrected chi connectivity index (χ1v) is 7.88. The first kappa shape index (κ1) is 18.5. The number of carboxylic acid groups (broad SMARTS) is 1. The first-order chi connectivity index (χ1) is 12.0. The zero-order chi connectivity index (χ0) is 18.1. The van der Waals surface area contributed by atoms with Gasteiger partial charge < -0.3 is 10.4 Å². The summed E-state index contributed by atoms with van der Waals surface area (Å²) < 4.78 is 13.0. The average Bonchev–Trinajstić information content (AvgIpc) is 2.61. The van der Waals surface area contributed by atoms with E-state index >= 15 is 0 Å². The third kappa shape index (κ3) is 7.09. The average molecular weight is 345 g/mol. The molecular weight excluding hydrogens is 325 g/mol. The Morgan fingerprint density at radius 3 is 2.56 bits per heavy atom. The quantitative estimate of drug-likeness (QED) is 0.719. The third-order valence-electron chi connectivity index (χ3n) is 3.53. The van der Waals surface area contributed by atoms with Crippen molar-refractivity contribution in [3.8, 4) is 0 Å². The van der Waals surface area contributed by atoms with Gasteiger partial charge in [-0.3, -0.25) is 19.5 Å². The summed E-state index contributed by atoms with van der Waals surface area (Å²) in [6.45, 7) is 0.656. The highest BCUT2D eigenvalue weighted by Gasteiger charge is 2.13. The van der Waals surface area contributed by atoms with Crippen LogP contribution in [0.25, 0.3) is 0 Å². The molecule has 1 heterocycles. The monoisotopic (exact) mass is 345 g/mol. The Balaban J connectivity index is 1.97. The summed E-state index contributed by atoms with van der Waals surface area (Å²) in [5, 5.41) is 11.0. The van der Waals surface area contributed by atoms with Crippen LogP contribution in [-0.4, -0.2) is 46.5 Å². The number of aliphatic carboxylic acids is 1. The van der Waals surface area contributed by atoms with E-state index in [-0.39, 0.29) is 18.3 Å². The zero-order valence-corrected chi connectivity index (χ0v) is 13.7.